The lowest BCUT2D eigenvalue weighted by Gasteiger charge is -2.18. The first-order valence-electron chi connectivity index (χ1n) is 9.47. The Balaban J connectivity index is 1.77. The fraction of sp³-hybridized carbons (Fsp3) is 0.318. The Hall–Kier alpha value is -3.22. The molecule has 0 saturated heterocycles. The predicted octanol–water partition coefficient (Wildman–Crippen LogP) is 2.80. The van der Waals surface area contributed by atoms with Crippen LogP contribution in [0.2, 0.25) is 0 Å². The SMILES string of the molecule is CC[C@@H](CNC(=O)[C@@H](C)OC(=O)CNC(=O)c1ccccc1F)c1ccccc1. The second-order valence-electron chi connectivity index (χ2n) is 6.56. The minimum atomic E-state index is -1.01. The smallest absolute Gasteiger partial charge is 0.326 e. The number of ether oxygens (including phenoxy) is 1. The zero-order chi connectivity index (χ0) is 21.2. The van der Waals surface area contributed by atoms with Gasteiger partial charge >= 0.3 is 5.97 Å². The van der Waals surface area contributed by atoms with Gasteiger partial charge in [0.1, 0.15) is 12.4 Å². The number of rotatable bonds is 9. The molecular weight excluding hydrogens is 375 g/mol. The van der Waals surface area contributed by atoms with Crippen LogP contribution in [0.25, 0.3) is 0 Å². The number of hydrogen-bond donors (Lipinski definition) is 2. The summed E-state index contributed by atoms with van der Waals surface area (Å²) in [5, 5.41) is 5.06. The predicted molar refractivity (Wildman–Crippen MR) is 107 cm³/mol. The average Bonchev–Trinajstić information content (AvgIpc) is 2.73. The second kappa shape index (κ2) is 10.9. The first-order valence-corrected chi connectivity index (χ1v) is 9.47. The van der Waals surface area contributed by atoms with E-state index < -0.39 is 36.2 Å². The summed E-state index contributed by atoms with van der Waals surface area (Å²) in [5.41, 5.74) is 0.952. The molecule has 0 bridgehead atoms. The molecule has 7 heteroatoms. The highest BCUT2D eigenvalue weighted by Gasteiger charge is 2.20. The van der Waals surface area contributed by atoms with E-state index in [1.54, 1.807) is 0 Å². The van der Waals surface area contributed by atoms with Crippen LogP contribution in [0.5, 0.6) is 0 Å². The number of amides is 2. The molecule has 0 fully saturated rings. The molecule has 2 aromatic carbocycles. The van der Waals surface area contributed by atoms with Crippen molar-refractivity contribution in [2.45, 2.75) is 32.3 Å². The molecule has 0 radical (unpaired) electrons. The van der Waals surface area contributed by atoms with Crippen molar-refractivity contribution in [3.05, 3.63) is 71.5 Å². The van der Waals surface area contributed by atoms with Gasteiger partial charge in [0.05, 0.1) is 5.56 Å². The van der Waals surface area contributed by atoms with Crippen LogP contribution in [0.1, 0.15) is 42.1 Å². The van der Waals surface area contributed by atoms with E-state index in [0.717, 1.165) is 18.1 Å². The molecule has 154 valence electrons. The van der Waals surface area contributed by atoms with E-state index in [0.29, 0.717) is 6.54 Å². The van der Waals surface area contributed by atoms with Gasteiger partial charge in [-0.3, -0.25) is 14.4 Å². The van der Waals surface area contributed by atoms with Gasteiger partial charge in [-0.15, -0.1) is 0 Å². The summed E-state index contributed by atoms with van der Waals surface area (Å²) in [6, 6.07) is 15.3. The number of halogens is 1. The largest absolute Gasteiger partial charge is 0.451 e. The van der Waals surface area contributed by atoms with Gasteiger partial charge in [0.15, 0.2) is 6.10 Å². The molecule has 0 aliphatic heterocycles. The summed E-state index contributed by atoms with van der Waals surface area (Å²) in [5.74, 6) is -2.47. The van der Waals surface area contributed by atoms with Crippen molar-refractivity contribution in [2.75, 3.05) is 13.1 Å². The van der Waals surface area contributed by atoms with Crippen molar-refractivity contribution >= 4 is 17.8 Å². The summed E-state index contributed by atoms with van der Waals surface area (Å²) in [7, 11) is 0. The van der Waals surface area contributed by atoms with Crippen molar-refractivity contribution in [1.82, 2.24) is 10.6 Å². The van der Waals surface area contributed by atoms with Gasteiger partial charge in [-0.2, -0.15) is 0 Å². The Bertz CT molecular complexity index is 842. The fourth-order valence-electron chi connectivity index (χ4n) is 2.78. The highest BCUT2D eigenvalue weighted by molar-refractivity contribution is 5.96. The summed E-state index contributed by atoms with van der Waals surface area (Å²) in [4.78, 5) is 36.0. The van der Waals surface area contributed by atoms with Crippen LogP contribution in [0.3, 0.4) is 0 Å². The molecule has 0 saturated carbocycles. The van der Waals surface area contributed by atoms with Crippen LogP contribution < -0.4 is 10.6 Å². The van der Waals surface area contributed by atoms with Crippen LogP contribution in [0.4, 0.5) is 4.39 Å². The minimum Gasteiger partial charge on any atom is -0.451 e. The maximum Gasteiger partial charge on any atom is 0.326 e. The van der Waals surface area contributed by atoms with Crippen LogP contribution in [-0.4, -0.2) is 37.0 Å². The monoisotopic (exact) mass is 400 g/mol. The molecular formula is C22H25FN2O4. The van der Waals surface area contributed by atoms with Crippen molar-refractivity contribution in [3.63, 3.8) is 0 Å². The maximum absolute atomic E-state index is 13.6. The second-order valence-corrected chi connectivity index (χ2v) is 6.56. The molecule has 0 aliphatic rings. The summed E-state index contributed by atoms with van der Waals surface area (Å²) in [6.07, 6.45) is -0.165. The Kier molecular flexibility index (Phi) is 8.33. The van der Waals surface area contributed by atoms with Gasteiger partial charge in [0.2, 0.25) is 0 Å². The van der Waals surface area contributed by atoms with Gasteiger partial charge < -0.3 is 15.4 Å². The van der Waals surface area contributed by atoms with E-state index in [-0.39, 0.29) is 11.5 Å². The van der Waals surface area contributed by atoms with E-state index in [9.17, 15) is 18.8 Å². The summed E-state index contributed by atoms with van der Waals surface area (Å²) in [6.45, 7) is 3.44. The molecule has 2 amide bonds. The molecule has 0 spiro atoms. The third-order valence-electron chi connectivity index (χ3n) is 4.48. The summed E-state index contributed by atoms with van der Waals surface area (Å²) < 4.78 is 18.6. The van der Waals surface area contributed by atoms with Crippen molar-refractivity contribution in [2.24, 2.45) is 0 Å². The van der Waals surface area contributed by atoms with Gasteiger partial charge in [-0.05, 0) is 31.0 Å². The minimum absolute atomic E-state index is 0.156. The lowest BCUT2D eigenvalue weighted by Crippen LogP contribution is -2.40. The fourth-order valence-corrected chi connectivity index (χ4v) is 2.78. The Morgan fingerprint density at radius 3 is 2.31 bits per heavy atom. The van der Waals surface area contributed by atoms with E-state index in [1.807, 2.05) is 37.3 Å². The lowest BCUT2D eigenvalue weighted by molar-refractivity contribution is -0.153. The lowest BCUT2D eigenvalue weighted by atomic mass is 9.96. The molecule has 0 unspecified atom stereocenters. The molecule has 0 aliphatic carbocycles. The van der Waals surface area contributed by atoms with Crippen molar-refractivity contribution in [3.8, 4) is 0 Å². The van der Waals surface area contributed by atoms with Gasteiger partial charge in [0, 0.05) is 12.5 Å². The summed E-state index contributed by atoms with van der Waals surface area (Å²) >= 11 is 0. The normalized spacial score (nSPS) is 12.5. The Labute approximate surface area is 169 Å². The molecule has 6 nitrogen and oxygen atoms in total. The highest BCUT2D eigenvalue weighted by Crippen LogP contribution is 2.18. The third-order valence-corrected chi connectivity index (χ3v) is 4.48. The first-order chi connectivity index (χ1) is 13.9. The van der Waals surface area contributed by atoms with E-state index >= 15 is 0 Å². The topological polar surface area (TPSA) is 84.5 Å². The quantitative estimate of drug-likeness (QED) is 0.634. The van der Waals surface area contributed by atoms with E-state index in [4.69, 9.17) is 4.74 Å². The number of nitrogens with one attached hydrogen (secondary N) is 2. The molecule has 2 aromatic rings. The maximum atomic E-state index is 13.6. The first kappa shape index (κ1) is 22.1. The molecule has 0 aromatic heterocycles. The zero-order valence-corrected chi connectivity index (χ0v) is 16.5. The van der Waals surface area contributed by atoms with Crippen LogP contribution in [0.15, 0.2) is 54.6 Å². The highest BCUT2D eigenvalue weighted by atomic mass is 19.1. The van der Waals surface area contributed by atoms with Crippen molar-refractivity contribution < 1.29 is 23.5 Å². The van der Waals surface area contributed by atoms with Crippen LogP contribution >= 0.6 is 0 Å². The van der Waals surface area contributed by atoms with Gasteiger partial charge in [-0.25, -0.2) is 4.39 Å². The Morgan fingerprint density at radius 1 is 1.00 bits per heavy atom. The standard InChI is InChI=1S/C22H25FN2O4/c1-3-16(17-9-5-4-6-10-17)13-24-21(27)15(2)29-20(26)14-25-22(28)18-11-7-8-12-19(18)23/h4-12,15-16H,3,13-14H2,1-2H3,(H,24,27)(H,25,28)/t15-,16+/m1/s1. The number of benzene rings is 2. The molecule has 29 heavy (non-hydrogen) atoms. The van der Waals surface area contributed by atoms with E-state index in [2.05, 4.69) is 10.6 Å². The molecule has 2 N–H and O–H groups in total. The van der Waals surface area contributed by atoms with Gasteiger partial charge in [-0.1, -0.05) is 49.4 Å². The molecule has 0 heterocycles. The zero-order valence-electron chi connectivity index (χ0n) is 16.5. The third kappa shape index (κ3) is 6.71. The molecule has 2 atom stereocenters. The molecule has 2 rings (SSSR count). The van der Waals surface area contributed by atoms with E-state index in [1.165, 1.54) is 25.1 Å². The number of hydrogen-bond acceptors (Lipinski definition) is 4. The van der Waals surface area contributed by atoms with Gasteiger partial charge in [0.25, 0.3) is 11.8 Å². The Morgan fingerprint density at radius 2 is 1.66 bits per heavy atom. The number of carbonyl (C=O) groups excluding carboxylic acids is 3. The van der Waals surface area contributed by atoms with Crippen molar-refractivity contribution in [1.29, 1.82) is 0 Å². The van der Waals surface area contributed by atoms with Crippen LogP contribution in [-0.2, 0) is 14.3 Å². The number of carbonyl (C=O) groups is 3. The average molecular weight is 400 g/mol. The number of esters is 1. The van der Waals surface area contributed by atoms with Crippen LogP contribution in [0, 0.1) is 5.82 Å².